The molecule has 134 valence electrons. The van der Waals surface area contributed by atoms with Crippen molar-refractivity contribution in [1.82, 2.24) is 9.88 Å². The van der Waals surface area contributed by atoms with Crippen LogP contribution in [0.25, 0.3) is 11.1 Å². The third-order valence-corrected chi connectivity index (χ3v) is 4.52. The molecule has 0 radical (unpaired) electrons. The fraction of sp³-hybridized carbons (Fsp3) is 0.167. The van der Waals surface area contributed by atoms with E-state index in [1.807, 2.05) is 0 Å². The van der Waals surface area contributed by atoms with Gasteiger partial charge in [0.1, 0.15) is 5.52 Å². The number of hydrogen-bond acceptors (Lipinski definition) is 5. The van der Waals surface area contributed by atoms with Crippen LogP contribution in [0.5, 0.6) is 0 Å². The Hall–Kier alpha value is -2.51. The standard InChI is InChI=1S/C18H16ClN3O3S/c1-22(2)17(24)11-4-3-5-13(8-11)20-16(23)10-26-18-21-14-9-12(19)6-7-15(14)25-18/h3-9H,10H2,1-2H3,(H,20,23). The normalized spacial score (nSPS) is 10.7. The number of nitrogens with zero attached hydrogens (tertiary/aromatic N) is 2. The van der Waals surface area contributed by atoms with E-state index in [4.69, 9.17) is 16.0 Å². The molecular formula is C18H16ClN3O3S. The zero-order valence-electron chi connectivity index (χ0n) is 14.2. The van der Waals surface area contributed by atoms with Crippen LogP contribution in [0.15, 0.2) is 52.1 Å². The number of amides is 2. The Kier molecular flexibility index (Phi) is 5.49. The van der Waals surface area contributed by atoms with E-state index < -0.39 is 0 Å². The molecule has 26 heavy (non-hydrogen) atoms. The van der Waals surface area contributed by atoms with Crippen molar-refractivity contribution >= 4 is 52.0 Å². The van der Waals surface area contributed by atoms with Gasteiger partial charge in [-0.15, -0.1) is 0 Å². The molecule has 0 saturated heterocycles. The first-order valence-electron chi connectivity index (χ1n) is 7.73. The van der Waals surface area contributed by atoms with Crippen molar-refractivity contribution in [2.45, 2.75) is 5.22 Å². The van der Waals surface area contributed by atoms with Crippen LogP contribution in [0.2, 0.25) is 5.02 Å². The average Bonchev–Trinajstić information content (AvgIpc) is 3.01. The molecule has 0 atom stereocenters. The number of anilines is 1. The molecule has 1 heterocycles. The lowest BCUT2D eigenvalue weighted by atomic mass is 10.2. The molecule has 2 amide bonds. The maximum Gasteiger partial charge on any atom is 0.257 e. The molecule has 3 aromatic rings. The fourth-order valence-electron chi connectivity index (χ4n) is 2.25. The van der Waals surface area contributed by atoms with Crippen molar-refractivity contribution in [3.05, 3.63) is 53.1 Å². The lowest BCUT2D eigenvalue weighted by Gasteiger charge is -2.11. The maximum absolute atomic E-state index is 12.2. The molecule has 0 aliphatic carbocycles. The van der Waals surface area contributed by atoms with Gasteiger partial charge in [-0.1, -0.05) is 29.4 Å². The molecule has 0 saturated carbocycles. The summed E-state index contributed by atoms with van der Waals surface area (Å²) in [5.41, 5.74) is 2.34. The average molecular weight is 390 g/mol. The van der Waals surface area contributed by atoms with E-state index in [-0.39, 0.29) is 17.6 Å². The van der Waals surface area contributed by atoms with Crippen molar-refractivity contribution in [3.63, 3.8) is 0 Å². The number of carbonyl (C=O) groups excluding carboxylic acids is 2. The number of carbonyl (C=O) groups is 2. The molecule has 1 N–H and O–H groups in total. The quantitative estimate of drug-likeness (QED) is 0.669. The predicted octanol–water partition coefficient (Wildman–Crippen LogP) is 3.91. The topological polar surface area (TPSA) is 75.4 Å². The number of thioether (sulfide) groups is 1. The highest BCUT2D eigenvalue weighted by Crippen LogP contribution is 2.25. The summed E-state index contributed by atoms with van der Waals surface area (Å²) in [4.78, 5) is 29.9. The third-order valence-electron chi connectivity index (χ3n) is 3.46. The summed E-state index contributed by atoms with van der Waals surface area (Å²) in [6.07, 6.45) is 0. The zero-order chi connectivity index (χ0) is 18.7. The Morgan fingerprint density at radius 3 is 2.81 bits per heavy atom. The van der Waals surface area contributed by atoms with Crippen molar-refractivity contribution < 1.29 is 14.0 Å². The van der Waals surface area contributed by atoms with Gasteiger partial charge in [0.25, 0.3) is 11.1 Å². The van der Waals surface area contributed by atoms with Gasteiger partial charge in [0.2, 0.25) is 5.91 Å². The molecule has 0 unspecified atom stereocenters. The number of halogens is 1. The van der Waals surface area contributed by atoms with Crippen molar-refractivity contribution in [2.24, 2.45) is 0 Å². The van der Waals surface area contributed by atoms with Crippen LogP contribution >= 0.6 is 23.4 Å². The Bertz CT molecular complexity index is 971. The minimum atomic E-state index is -0.218. The monoisotopic (exact) mass is 389 g/mol. The first kappa shape index (κ1) is 18.3. The van der Waals surface area contributed by atoms with Gasteiger partial charge in [-0.25, -0.2) is 4.98 Å². The van der Waals surface area contributed by atoms with Crippen LogP contribution in [-0.2, 0) is 4.79 Å². The Balaban J connectivity index is 1.61. The van der Waals surface area contributed by atoms with Crippen LogP contribution in [0.3, 0.4) is 0 Å². The molecule has 0 aliphatic rings. The van der Waals surface area contributed by atoms with E-state index >= 15 is 0 Å². The van der Waals surface area contributed by atoms with Gasteiger partial charge in [0, 0.05) is 30.4 Å². The van der Waals surface area contributed by atoms with Crippen LogP contribution in [0, 0.1) is 0 Å². The molecule has 0 spiro atoms. The molecule has 0 fully saturated rings. The highest BCUT2D eigenvalue weighted by molar-refractivity contribution is 7.99. The number of hydrogen-bond donors (Lipinski definition) is 1. The molecule has 2 aromatic carbocycles. The largest absolute Gasteiger partial charge is 0.431 e. The third kappa shape index (κ3) is 4.36. The van der Waals surface area contributed by atoms with Crippen LogP contribution < -0.4 is 5.32 Å². The second-order valence-corrected chi connectivity index (χ2v) is 7.07. The van der Waals surface area contributed by atoms with Crippen molar-refractivity contribution in [2.75, 3.05) is 25.2 Å². The predicted molar refractivity (Wildman–Crippen MR) is 103 cm³/mol. The van der Waals surface area contributed by atoms with Crippen LogP contribution in [0.4, 0.5) is 5.69 Å². The first-order valence-corrected chi connectivity index (χ1v) is 9.09. The Morgan fingerprint density at radius 1 is 1.23 bits per heavy atom. The van der Waals surface area contributed by atoms with Gasteiger partial charge in [0.05, 0.1) is 5.75 Å². The summed E-state index contributed by atoms with van der Waals surface area (Å²) in [5, 5.41) is 3.74. The number of nitrogens with one attached hydrogen (secondary N) is 1. The summed E-state index contributed by atoms with van der Waals surface area (Å²) < 4.78 is 5.56. The summed E-state index contributed by atoms with van der Waals surface area (Å²) in [6, 6.07) is 12.0. The van der Waals surface area contributed by atoms with Gasteiger partial charge in [-0.05, 0) is 36.4 Å². The van der Waals surface area contributed by atoms with Crippen LogP contribution in [-0.4, -0.2) is 41.5 Å². The van der Waals surface area contributed by atoms with E-state index in [2.05, 4.69) is 10.3 Å². The van der Waals surface area contributed by atoms with Gasteiger partial charge in [0.15, 0.2) is 5.58 Å². The number of rotatable bonds is 5. The SMILES string of the molecule is CN(C)C(=O)c1cccc(NC(=O)CSc2nc3cc(Cl)ccc3o2)c1. The molecular weight excluding hydrogens is 374 g/mol. The van der Waals surface area contributed by atoms with Gasteiger partial charge >= 0.3 is 0 Å². The number of benzene rings is 2. The summed E-state index contributed by atoms with van der Waals surface area (Å²) >= 11 is 7.11. The Labute approximate surface area is 159 Å². The molecule has 3 rings (SSSR count). The smallest absolute Gasteiger partial charge is 0.257 e. The lowest BCUT2D eigenvalue weighted by Crippen LogP contribution is -2.22. The highest BCUT2D eigenvalue weighted by Gasteiger charge is 2.12. The molecule has 6 nitrogen and oxygen atoms in total. The molecule has 0 bridgehead atoms. The van der Waals surface area contributed by atoms with E-state index in [0.717, 1.165) is 0 Å². The number of fused-ring (bicyclic) bond motifs is 1. The lowest BCUT2D eigenvalue weighted by molar-refractivity contribution is -0.113. The molecule has 0 aliphatic heterocycles. The maximum atomic E-state index is 12.2. The van der Waals surface area contributed by atoms with E-state index in [9.17, 15) is 9.59 Å². The first-order chi connectivity index (χ1) is 12.4. The van der Waals surface area contributed by atoms with Gasteiger partial charge < -0.3 is 14.6 Å². The summed E-state index contributed by atoms with van der Waals surface area (Å²) in [5.74, 6) is -0.211. The molecule has 1 aromatic heterocycles. The summed E-state index contributed by atoms with van der Waals surface area (Å²) in [7, 11) is 3.36. The fourth-order valence-corrected chi connectivity index (χ4v) is 3.06. The minimum Gasteiger partial charge on any atom is -0.431 e. The second kappa shape index (κ2) is 7.80. The van der Waals surface area contributed by atoms with E-state index in [0.29, 0.717) is 32.6 Å². The highest BCUT2D eigenvalue weighted by atomic mass is 35.5. The minimum absolute atomic E-state index is 0.124. The summed E-state index contributed by atoms with van der Waals surface area (Å²) in [6.45, 7) is 0. The second-order valence-electron chi connectivity index (χ2n) is 5.71. The van der Waals surface area contributed by atoms with Gasteiger partial charge in [-0.2, -0.15) is 0 Å². The molecule has 8 heteroatoms. The zero-order valence-corrected chi connectivity index (χ0v) is 15.7. The van der Waals surface area contributed by atoms with Crippen molar-refractivity contribution in [3.8, 4) is 0 Å². The van der Waals surface area contributed by atoms with E-state index in [1.165, 1.54) is 16.7 Å². The Morgan fingerprint density at radius 2 is 2.04 bits per heavy atom. The van der Waals surface area contributed by atoms with Crippen LogP contribution in [0.1, 0.15) is 10.4 Å². The number of aromatic nitrogens is 1. The van der Waals surface area contributed by atoms with Gasteiger partial charge in [-0.3, -0.25) is 9.59 Å². The number of oxazole rings is 1. The van der Waals surface area contributed by atoms with Crippen molar-refractivity contribution in [1.29, 1.82) is 0 Å². The van der Waals surface area contributed by atoms with E-state index in [1.54, 1.807) is 56.6 Å².